The van der Waals surface area contributed by atoms with Crippen LogP contribution in [0.4, 0.5) is 0 Å². The molecule has 4 rings (SSSR count). The fraction of sp³-hybridized carbons (Fsp3) is 0.435. The van der Waals surface area contributed by atoms with Gasteiger partial charge in [0, 0.05) is 0 Å². The van der Waals surface area contributed by atoms with Gasteiger partial charge in [-0.3, -0.25) is 0 Å². The number of ether oxygens (including phenoxy) is 2. The summed E-state index contributed by atoms with van der Waals surface area (Å²) < 4.78 is 12.5. The zero-order valence-corrected chi connectivity index (χ0v) is 17.7. The predicted octanol–water partition coefficient (Wildman–Crippen LogP) is 2.90. The van der Waals surface area contributed by atoms with Crippen LogP contribution >= 0.6 is 11.3 Å². The van der Waals surface area contributed by atoms with E-state index in [-0.39, 0.29) is 0 Å². The van der Waals surface area contributed by atoms with Crippen molar-refractivity contribution in [1.29, 1.82) is 0 Å². The maximum absolute atomic E-state index is 10.5. The third kappa shape index (κ3) is 5.26. The molecular weight excluding hydrogens is 384 g/mol. The first kappa shape index (κ1) is 20.1. The van der Waals surface area contributed by atoms with Gasteiger partial charge in [0.15, 0.2) is 0 Å². The summed E-state index contributed by atoms with van der Waals surface area (Å²) in [5, 5.41) is 11.7. The van der Waals surface area contributed by atoms with Crippen molar-refractivity contribution >= 4 is 21.6 Å². The van der Waals surface area contributed by atoms with E-state index in [2.05, 4.69) is 18.2 Å². The lowest BCUT2D eigenvalue weighted by atomic mass is 9.98. The Morgan fingerprint density at radius 1 is 1.14 bits per heavy atom. The number of thiazole rings is 1. The molecule has 1 saturated heterocycles. The Bertz CT molecular complexity index is 879. The van der Waals surface area contributed by atoms with Crippen LogP contribution in [0.25, 0.3) is 10.2 Å². The molecule has 3 atom stereocenters. The second-order valence-electron chi connectivity index (χ2n) is 7.64. The highest BCUT2D eigenvalue weighted by molar-refractivity contribution is 7.18. The van der Waals surface area contributed by atoms with Gasteiger partial charge in [0.1, 0.15) is 35.8 Å². The number of nitrogens with one attached hydrogen (secondary N) is 1. The van der Waals surface area contributed by atoms with Crippen LogP contribution in [0.5, 0.6) is 11.5 Å². The van der Waals surface area contributed by atoms with Crippen molar-refractivity contribution in [3.8, 4) is 11.5 Å². The molecule has 0 bridgehead atoms. The summed E-state index contributed by atoms with van der Waals surface area (Å²) in [6.07, 6.45) is 1.87. The molecule has 6 heteroatoms. The lowest BCUT2D eigenvalue weighted by Crippen LogP contribution is -3.14. The van der Waals surface area contributed by atoms with Crippen LogP contribution in [0.15, 0.2) is 48.5 Å². The van der Waals surface area contributed by atoms with E-state index in [1.807, 2.05) is 48.6 Å². The molecule has 5 nitrogen and oxygen atoms in total. The van der Waals surface area contributed by atoms with Crippen LogP contribution in [0, 0.1) is 0 Å². The van der Waals surface area contributed by atoms with Gasteiger partial charge in [-0.15, -0.1) is 11.3 Å². The topological polar surface area (TPSA) is 56.0 Å². The molecular formula is C23H29N2O3S+. The van der Waals surface area contributed by atoms with Crippen molar-refractivity contribution in [2.45, 2.75) is 31.8 Å². The highest BCUT2D eigenvalue weighted by atomic mass is 32.1. The van der Waals surface area contributed by atoms with E-state index in [0.29, 0.717) is 25.7 Å². The number of aliphatic hydroxyl groups is 1. The number of nitrogens with zero attached hydrogens (tertiary/aromatic N) is 1. The molecule has 2 heterocycles. The first-order valence-corrected chi connectivity index (χ1v) is 11.3. The number of quaternary nitrogens is 1. The molecule has 3 aromatic rings. The number of fused-ring (bicyclic) bond motifs is 1. The highest BCUT2D eigenvalue weighted by Crippen LogP contribution is 2.30. The molecule has 1 aliphatic heterocycles. The van der Waals surface area contributed by atoms with Crippen molar-refractivity contribution in [3.05, 3.63) is 53.5 Å². The highest BCUT2D eigenvalue weighted by Gasteiger charge is 2.28. The van der Waals surface area contributed by atoms with Crippen LogP contribution < -0.4 is 14.4 Å². The van der Waals surface area contributed by atoms with Crippen molar-refractivity contribution < 1.29 is 19.5 Å². The molecule has 1 unspecified atom stereocenters. The minimum atomic E-state index is -0.481. The standard InChI is InChI=1S/C23H28N2O3S/c1-2-27-19-9-11-20(12-10-19)28-16-18(26)15-25-13-5-6-17(14-25)23-24-21-7-3-4-8-22(21)29-23/h3-4,7-12,17-18,26H,2,5-6,13-16H2,1H3/p+1/t17-,18-/m0/s1. The quantitative estimate of drug-likeness (QED) is 0.596. The molecule has 0 saturated carbocycles. The van der Waals surface area contributed by atoms with Crippen molar-refractivity contribution in [2.75, 3.05) is 32.8 Å². The Balaban J connectivity index is 1.28. The van der Waals surface area contributed by atoms with E-state index in [4.69, 9.17) is 14.5 Å². The third-order valence-corrected chi connectivity index (χ3v) is 6.58. The van der Waals surface area contributed by atoms with Gasteiger partial charge in [-0.25, -0.2) is 4.98 Å². The van der Waals surface area contributed by atoms with Crippen LogP contribution in [0.2, 0.25) is 0 Å². The van der Waals surface area contributed by atoms with Crippen molar-refractivity contribution in [2.24, 2.45) is 0 Å². The molecule has 29 heavy (non-hydrogen) atoms. The van der Waals surface area contributed by atoms with E-state index < -0.39 is 6.10 Å². The Hall–Kier alpha value is -2.15. The first-order valence-electron chi connectivity index (χ1n) is 10.4. The smallest absolute Gasteiger partial charge is 0.137 e. The summed E-state index contributed by atoms with van der Waals surface area (Å²) in [5.74, 6) is 2.07. The molecule has 154 valence electrons. The Morgan fingerprint density at radius 3 is 2.66 bits per heavy atom. The average Bonchev–Trinajstić information content (AvgIpc) is 3.18. The van der Waals surface area contributed by atoms with E-state index >= 15 is 0 Å². The predicted molar refractivity (Wildman–Crippen MR) is 116 cm³/mol. The molecule has 2 aromatic carbocycles. The summed E-state index contributed by atoms with van der Waals surface area (Å²) in [6.45, 7) is 5.75. The zero-order chi connectivity index (χ0) is 20.1. The van der Waals surface area contributed by atoms with Crippen LogP contribution in [-0.4, -0.2) is 49.0 Å². The van der Waals surface area contributed by atoms with Crippen LogP contribution in [-0.2, 0) is 0 Å². The van der Waals surface area contributed by atoms with E-state index in [0.717, 1.165) is 30.1 Å². The van der Waals surface area contributed by atoms with Crippen molar-refractivity contribution in [1.82, 2.24) is 4.98 Å². The molecule has 1 aliphatic rings. The fourth-order valence-electron chi connectivity index (χ4n) is 4.00. The molecule has 1 fully saturated rings. The molecule has 2 N–H and O–H groups in total. The number of para-hydroxylation sites is 1. The van der Waals surface area contributed by atoms with Gasteiger partial charge in [-0.05, 0) is 56.2 Å². The van der Waals surface area contributed by atoms with Gasteiger partial charge >= 0.3 is 0 Å². The van der Waals surface area contributed by atoms with Gasteiger partial charge in [-0.1, -0.05) is 12.1 Å². The zero-order valence-electron chi connectivity index (χ0n) is 16.8. The number of hydrogen-bond donors (Lipinski definition) is 2. The Morgan fingerprint density at radius 2 is 1.90 bits per heavy atom. The normalized spacial score (nSPS) is 20.5. The minimum Gasteiger partial charge on any atom is -0.494 e. The largest absolute Gasteiger partial charge is 0.494 e. The van der Waals surface area contributed by atoms with E-state index in [9.17, 15) is 5.11 Å². The third-order valence-electron chi connectivity index (χ3n) is 5.38. The molecule has 0 spiro atoms. The molecule has 0 aliphatic carbocycles. The number of benzene rings is 2. The van der Waals surface area contributed by atoms with Gasteiger partial charge in [0.25, 0.3) is 0 Å². The van der Waals surface area contributed by atoms with Crippen LogP contribution in [0.3, 0.4) is 0 Å². The lowest BCUT2D eigenvalue weighted by molar-refractivity contribution is -0.909. The van der Waals surface area contributed by atoms with E-state index in [1.54, 1.807) is 0 Å². The summed E-state index contributed by atoms with van der Waals surface area (Å²) in [5.41, 5.74) is 1.10. The summed E-state index contributed by atoms with van der Waals surface area (Å²) >= 11 is 1.81. The van der Waals surface area contributed by atoms with Gasteiger partial charge in [0.05, 0.1) is 35.8 Å². The lowest BCUT2D eigenvalue weighted by Gasteiger charge is -2.30. The number of rotatable bonds is 8. The van der Waals surface area contributed by atoms with Crippen LogP contribution in [0.1, 0.15) is 30.7 Å². The van der Waals surface area contributed by atoms with Crippen molar-refractivity contribution in [3.63, 3.8) is 0 Å². The van der Waals surface area contributed by atoms with Gasteiger partial charge in [0.2, 0.25) is 0 Å². The Labute approximate surface area is 175 Å². The number of hydrogen-bond acceptors (Lipinski definition) is 5. The SMILES string of the molecule is CCOc1ccc(OC[C@@H](O)C[NH+]2CCC[C@H](c3nc4ccccc4s3)C2)cc1. The second-order valence-corrected chi connectivity index (χ2v) is 8.70. The second kappa shape index (κ2) is 9.57. The Kier molecular flexibility index (Phi) is 6.64. The first-order chi connectivity index (χ1) is 14.2. The maximum Gasteiger partial charge on any atom is 0.137 e. The molecule has 1 aromatic heterocycles. The fourth-order valence-corrected chi connectivity index (χ4v) is 5.10. The number of aromatic nitrogens is 1. The summed E-state index contributed by atoms with van der Waals surface area (Å²) in [6, 6.07) is 15.9. The number of likely N-dealkylation sites (tertiary alicyclic amines) is 1. The molecule has 0 radical (unpaired) electrons. The minimum absolute atomic E-state index is 0.309. The van der Waals surface area contributed by atoms with Gasteiger partial charge in [-0.2, -0.15) is 0 Å². The number of aliphatic hydroxyl groups excluding tert-OH is 1. The number of piperidine rings is 1. The van der Waals surface area contributed by atoms with Gasteiger partial charge < -0.3 is 19.5 Å². The summed E-state index contributed by atoms with van der Waals surface area (Å²) in [7, 11) is 0. The van der Waals surface area contributed by atoms with E-state index in [1.165, 1.54) is 27.4 Å². The monoisotopic (exact) mass is 413 g/mol. The maximum atomic E-state index is 10.5. The average molecular weight is 414 g/mol. The summed E-state index contributed by atoms with van der Waals surface area (Å²) in [4.78, 5) is 6.29. The molecule has 0 amide bonds.